The lowest BCUT2D eigenvalue weighted by atomic mass is 10.1. The lowest BCUT2D eigenvalue weighted by Gasteiger charge is -2.23. The average molecular weight is 235 g/mol. The minimum atomic E-state index is 0.508. The molecule has 0 aromatic carbocycles. The number of hydrogen-bond donors (Lipinski definition) is 1. The summed E-state index contributed by atoms with van der Waals surface area (Å²) in [7, 11) is 3.91. The van der Waals surface area contributed by atoms with Gasteiger partial charge in [0.2, 0.25) is 5.95 Å². The predicted molar refractivity (Wildman–Crippen MR) is 70.3 cm³/mol. The maximum atomic E-state index is 5.75. The molecule has 0 bridgehead atoms. The van der Waals surface area contributed by atoms with Gasteiger partial charge in [0.15, 0.2) is 0 Å². The molecule has 0 radical (unpaired) electrons. The monoisotopic (exact) mass is 235 g/mol. The van der Waals surface area contributed by atoms with Gasteiger partial charge in [-0.1, -0.05) is 0 Å². The summed E-state index contributed by atoms with van der Waals surface area (Å²) in [5.74, 6) is 2.35. The highest BCUT2D eigenvalue weighted by Crippen LogP contribution is 2.27. The van der Waals surface area contributed by atoms with Gasteiger partial charge in [0.05, 0.1) is 0 Å². The second kappa shape index (κ2) is 4.87. The summed E-state index contributed by atoms with van der Waals surface area (Å²) in [4.78, 5) is 13.1. The standard InChI is InChI=1S/C12H21N5/c1-9-6-10(7-13)8-17(9)11-4-5-14-12(15-11)16(2)3/h4-5,9-10H,6-8,13H2,1-3H3. The average Bonchev–Trinajstić information content (AvgIpc) is 2.71. The molecule has 1 aliphatic rings. The van der Waals surface area contributed by atoms with Crippen LogP contribution in [0, 0.1) is 5.92 Å². The van der Waals surface area contributed by atoms with Gasteiger partial charge in [-0.25, -0.2) is 4.98 Å². The fourth-order valence-electron chi connectivity index (χ4n) is 2.35. The maximum Gasteiger partial charge on any atom is 0.226 e. The van der Waals surface area contributed by atoms with E-state index in [1.54, 1.807) is 0 Å². The minimum Gasteiger partial charge on any atom is -0.353 e. The number of anilines is 2. The lowest BCUT2D eigenvalue weighted by molar-refractivity contribution is 0.579. The van der Waals surface area contributed by atoms with E-state index in [1.165, 1.54) is 0 Å². The lowest BCUT2D eigenvalue weighted by Crippen LogP contribution is -2.29. The Hall–Kier alpha value is -1.36. The third-order valence-corrected chi connectivity index (χ3v) is 3.32. The van der Waals surface area contributed by atoms with Gasteiger partial charge in [0.25, 0.3) is 0 Å². The molecule has 1 aromatic rings. The number of nitrogens with zero attached hydrogens (tertiary/aromatic N) is 4. The van der Waals surface area contributed by atoms with Crippen molar-refractivity contribution in [3.05, 3.63) is 12.3 Å². The van der Waals surface area contributed by atoms with Crippen molar-refractivity contribution >= 4 is 11.8 Å². The van der Waals surface area contributed by atoms with Crippen molar-refractivity contribution in [1.29, 1.82) is 0 Å². The molecule has 0 spiro atoms. The Kier molecular flexibility index (Phi) is 3.47. The normalized spacial score (nSPS) is 24.1. The fraction of sp³-hybridized carbons (Fsp3) is 0.667. The van der Waals surface area contributed by atoms with Crippen LogP contribution in [0.5, 0.6) is 0 Å². The quantitative estimate of drug-likeness (QED) is 0.836. The highest BCUT2D eigenvalue weighted by atomic mass is 15.3. The molecule has 1 saturated heterocycles. The van der Waals surface area contributed by atoms with E-state index in [4.69, 9.17) is 5.73 Å². The van der Waals surface area contributed by atoms with Gasteiger partial charge in [-0.3, -0.25) is 0 Å². The molecule has 2 atom stereocenters. The van der Waals surface area contributed by atoms with Crippen molar-refractivity contribution in [1.82, 2.24) is 9.97 Å². The second-order valence-corrected chi connectivity index (χ2v) is 4.95. The molecule has 2 rings (SSSR count). The first-order chi connectivity index (χ1) is 8.11. The van der Waals surface area contributed by atoms with Gasteiger partial charge in [-0.2, -0.15) is 4.98 Å². The Labute approximate surface area is 103 Å². The van der Waals surface area contributed by atoms with Crippen molar-refractivity contribution in [3.63, 3.8) is 0 Å². The Morgan fingerprint density at radius 3 is 2.88 bits per heavy atom. The third kappa shape index (κ3) is 2.49. The van der Waals surface area contributed by atoms with E-state index in [1.807, 2.05) is 31.3 Å². The van der Waals surface area contributed by atoms with Crippen LogP contribution in [-0.4, -0.2) is 43.2 Å². The van der Waals surface area contributed by atoms with Crippen LogP contribution < -0.4 is 15.5 Å². The Balaban J connectivity index is 2.19. The first-order valence-corrected chi connectivity index (χ1v) is 6.09. The molecule has 0 amide bonds. The first kappa shape index (κ1) is 12.1. The molecule has 0 saturated carbocycles. The first-order valence-electron chi connectivity index (χ1n) is 6.09. The number of rotatable bonds is 3. The Morgan fingerprint density at radius 2 is 2.29 bits per heavy atom. The zero-order valence-electron chi connectivity index (χ0n) is 10.8. The smallest absolute Gasteiger partial charge is 0.226 e. The molecule has 94 valence electrons. The van der Waals surface area contributed by atoms with E-state index < -0.39 is 0 Å². The number of hydrogen-bond acceptors (Lipinski definition) is 5. The molecule has 1 aliphatic heterocycles. The van der Waals surface area contributed by atoms with Crippen LogP contribution >= 0.6 is 0 Å². The molecule has 0 aliphatic carbocycles. The van der Waals surface area contributed by atoms with Gasteiger partial charge in [-0.05, 0) is 31.9 Å². The maximum absolute atomic E-state index is 5.75. The van der Waals surface area contributed by atoms with Crippen LogP contribution in [0.3, 0.4) is 0 Å². The zero-order valence-corrected chi connectivity index (χ0v) is 10.8. The minimum absolute atomic E-state index is 0.508. The summed E-state index contributed by atoms with van der Waals surface area (Å²) < 4.78 is 0. The number of nitrogens with two attached hydrogens (primary N) is 1. The van der Waals surface area contributed by atoms with Gasteiger partial charge < -0.3 is 15.5 Å². The third-order valence-electron chi connectivity index (χ3n) is 3.32. The molecule has 1 aromatic heterocycles. The van der Waals surface area contributed by atoms with Crippen LogP contribution in [0.1, 0.15) is 13.3 Å². The van der Waals surface area contributed by atoms with Crippen molar-refractivity contribution in [3.8, 4) is 0 Å². The molecular formula is C12H21N5. The molecule has 5 heteroatoms. The molecule has 2 heterocycles. The topological polar surface area (TPSA) is 58.3 Å². The number of aromatic nitrogens is 2. The predicted octanol–water partition coefficient (Wildman–Crippen LogP) is 0.716. The van der Waals surface area contributed by atoms with Crippen molar-refractivity contribution in [2.45, 2.75) is 19.4 Å². The van der Waals surface area contributed by atoms with Crippen LogP contribution in [-0.2, 0) is 0 Å². The van der Waals surface area contributed by atoms with Gasteiger partial charge >= 0.3 is 0 Å². The summed E-state index contributed by atoms with van der Waals surface area (Å²) >= 11 is 0. The molecular weight excluding hydrogens is 214 g/mol. The van der Waals surface area contributed by atoms with Gasteiger partial charge in [0.1, 0.15) is 5.82 Å². The van der Waals surface area contributed by atoms with E-state index in [0.717, 1.165) is 31.3 Å². The van der Waals surface area contributed by atoms with E-state index in [2.05, 4.69) is 21.8 Å². The van der Waals surface area contributed by atoms with Crippen molar-refractivity contribution in [2.24, 2.45) is 11.7 Å². The largest absolute Gasteiger partial charge is 0.353 e. The van der Waals surface area contributed by atoms with Crippen LogP contribution in [0.15, 0.2) is 12.3 Å². The summed E-state index contributed by atoms with van der Waals surface area (Å²) in [5.41, 5.74) is 5.75. The van der Waals surface area contributed by atoms with E-state index in [0.29, 0.717) is 12.0 Å². The Bertz CT molecular complexity index is 379. The van der Waals surface area contributed by atoms with Crippen molar-refractivity contribution in [2.75, 3.05) is 37.0 Å². The molecule has 17 heavy (non-hydrogen) atoms. The van der Waals surface area contributed by atoms with E-state index >= 15 is 0 Å². The van der Waals surface area contributed by atoms with Crippen LogP contribution in [0.2, 0.25) is 0 Å². The van der Waals surface area contributed by atoms with Gasteiger partial charge in [-0.15, -0.1) is 0 Å². The van der Waals surface area contributed by atoms with Gasteiger partial charge in [0, 0.05) is 32.9 Å². The molecule has 1 fully saturated rings. The molecule has 5 nitrogen and oxygen atoms in total. The highest BCUT2D eigenvalue weighted by Gasteiger charge is 2.29. The van der Waals surface area contributed by atoms with Crippen LogP contribution in [0.4, 0.5) is 11.8 Å². The SMILES string of the molecule is CC1CC(CN)CN1c1ccnc(N(C)C)n1. The fourth-order valence-corrected chi connectivity index (χ4v) is 2.35. The molecule has 2 N–H and O–H groups in total. The summed E-state index contributed by atoms with van der Waals surface area (Å²) in [6.45, 7) is 3.99. The summed E-state index contributed by atoms with van der Waals surface area (Å²) in [6, 6.07) is 2.48. The zero-order chi connectivity index (χ0) is 12.4. The van der Waals surface area contributed by atoms with Crippen LogP contribution in [0.25, 0.3) is 0 Å². The van der Waals surface area contributed by atoms with E-state index in [9.17, 15) is 0 Å². The summed E-state index contributed by atoms with van der Waals surface area (Å²) in [5, 5.41) is 0. The highest BCUT2D eigenvalue weighted by molar-refractivity contribution is 5.45. The van der Waals surface area contributed by atoms with Crippen molar-refractivity contribution < 1.29 is 0 Å². The summed E-state index contributed by atoms with van der Waals surface area (Å²) in [6.07, 6.45) is 2.97. The molecule has 2 unspecified atom stereocenters. The second-order valence-electron chi connectivity index (χ2n) is 4.95. The Morgan fingerprint density at radius 1 is 1.53 bits per heavy atom. The van der Waals surface area contributed by atoms with E-state index in [-0.39, 0.29) is 0 Å².